The van der Waals surface area contributed by atoms with Crippen LogP contribution in [0, 0.1) is 5.41 Å². The lowest BCUT2D eigenvalue weighted by Gasteiger charge is -2.27. The van der Waals surface area contributed by atoms with Crippen LogP contribution in [0.5, 0.6) is 0 Å². The monoisotopic (exact) mass is 464 g/mol. The minimum absolute atomic E-state index is 0. The molecule has 8 heteroatoms. The summed E-state index contributed by atoms with van der Waals surface area (Å²) >= 11 is 0. The topological polar surface area (TPSA) is 74.6 Å². The molecule has 1 rings (SSSR count). The van der Waals surface area contributed by atoms with Gasteiger partial charge in [-0.3, -0.25) is 14.5 Å². The van der Waals surface area contributed by atoms with E-state index in [-0.39, 0.29) is 29.9 Å². The summed E-state index contributed by atoms with van der Waals surface area (Å²) < 4.78 is 1.85. The summed E-state index contributed by atoms with van der Waals surface area (Å²) in [6, 6.07) is 0. The molecular weight excluding hydrogens is 431 g/mol. The van der Waals surface area contributed by atoms with Gasteiger partial charge in [0.15, 0.2) is 5.96 Å². The highest BCUT2D eigenvalue weighted by Crippen LogP contribution is 2.19. The molecule has 0 fully saturated rings. The van der Waals surface area contributed by atoms with E-state index in [4.69, 9.17) is 0 Å². The molecule has 1 aromatic rings. The van der Waals surface area contributed by atoms with Crippen molar-refractivity contribution in [3.05, 3.63) is 17.5 Å². The van der Waals surface area contributed by atoms with E-state index in [9.17, 15) is 4.79 Å². The minimum atomic E-state index is -0.511. The molecule has 1 aromatic heterocycles. The zero-order chi connectivity index (χ0) is 18.5. The highest BCUT2D eigenvalue weighted by Gasteiger charge is 2.27. The lowest BCUT2D eigenvalue weighted by atomic mass is 9.92. The molecule has 7 nitrogen and oxygen atoms in total. The number of amides is 1. The highest BCUT2D eigenvalue weighted by atomic mass is 127. The summed E-state index contributed by atoms with van der Waals surface area (Å²) in [5.41, 5.74) is 1.78. The van der Waals surface area contributed by atoms with Crippen LogP contribution in [0.1, 0.15) is 44.9 Å². The third-order valence-corrected chi connectivity index (χ3v) is 4.00. The number of guanidine groups is 1. The number of carbonyl (C=O) groups is 1. The van der Waals surface area contributed by atoms with Crippen molar-refractivity contribution in [2.24, 2.45) is 17.5 Å². The van der Waals surface area contributed by atoms with Gasteiger partial charge in [0.05, 0.1) is 11.1 Å². The Labute approximate surface area is 168 Å². The Balaban J connectivity index is 0.00000576. The normalized spacial score (nSPS) is 12.0. The van der Waals surface area contributed by atoms with Crippen LogP contribution in [0.4, 0.5) is 0 Å². The van der Waals surface area contributed by atoms with Crippen molar-refractivity contribution in [2.75, 3.05) is 27.7 Å². The van der Waals surface area contributed by atoms with Crippen molar-refractivity contribution >= 4 is 35.8 Å². The second-order valence-corrected chi connectivity index (χ2v) is 7.09. The first kappa shape index (κ1) is 23.7. The van der Waals surface area contributed by atoms with Gasteiger partial charge in [-0.05, 0) is 19.8 Å². The van der Waals surface area contributed by atoms with Crippen LogP contribution in [0.3, 0.4) is 0 Å². The van der Waals surface area contributed by atoms with E-state index in [1.54, 1.807) is 14.1 Å². The van der Waals surface area contributed by atoms with Gasteiger partial charge in [0, 0.05) is 53.0 Å². The van der Waals surface area contributed by atoms with Gasteiger partial charge in [0.2, 0.25) is 5.91 Å². The molecule has 2 N–H and O–H groups in total. The zero-order valence-corrected chi connectivity index (χ0v) is 19.0. The second kappa shape index (κ2) is 9.98. The van der Waals surface area contributed by atoms with Crippen molar-refractivity contribution in [2.45, 2.75) is 40.2 Å². The number of aliphatic imine (C=N–C) groups is 1. The van der Waals surface area contributed by atoms with Crippen LogP contribution in [0.25, 0.3) is 0 Å². The predicted octanol–water partition coefficient (Wildman–Crippen LogP) is 1.94. The van der Waals surface area contributed by atoms with E-state index in [0.717, 1.165) is 11.7 Å². The molecule has 1 amide bonds. The average molecular weight is 464 g/mol. The van der Waals surface area contributed by atoms with Gasteiger partial charge in [-0.15, -0.1) is 24.0 Å². The maximum atomic E-state index is 11.9. The van der Waals surface area contributed by atoms with Crippen LogP contribution in [-0.4, -0.2) is 54.2 Å². The molecule has 0 radical (unpaired) electrons. The summed E-state index contributed by atoms with van der Waals surface area (Å²) in [7, 11) is 7.33. The van der Waals surface area contributed by atoms with Crippen LogP contribution >= 0.6 is 24.0 Å². The van der Waals surface area contributed by atoms with Crippen LogP contribution in [0.15, 0.2) is 11.2 Å². The van der Waals surface area contributed by atoms with E-state index >= 15 is 0 Å². The van der Waals surface area contributed by atoms with E-state index in [1.165, 1.54) is 5.56 Å². The first-order valence-corrected chi connectivity index (χ1v) is 8.28. The largest absolute Gasteiger partial charge is 0.359 e. The number of hydrogen-bond acceptors (Lipinski definition) is 3. The molecule has 0 aliphatic carbocycles. The van der Waals surface area contributed by atoms with Gasteiger partial charge >= 0.3 is 0 Å². The Kier molecular flexibility index (Phi) is 9.45. The van der Waals surface area contributed by atoms with Gasteiger partial charge in [-0.25, -0.2) is 0 Å². The summed E-state index contributed by atoms with van der Waals surface area (Å²) in [6.07, 6.45) is 2.05. The fourth-order valence-corrected chi connectivity index (χ4v) is 2.60. The number of nitrogens with zero attached hydrogens (tertiary/aromatic N) is 4. The number of halogens is 1. The SMILES string of the molecule is CN=C(NCC(C)(C)C(=O)NC)N(C)Cc1cn(C)nc1C(C)C.I. The molecule has 0 atom stereocenters. The van der Waals surface area contributed by atoms with Gasteiger partial charge in [-0.1, -0.05) is 13.8 Å². The Morgan fingerprint density at radius 1 is 1.44 bits per heavy atom. The van der Waals surface area contributed by atoms with Crippen LogP contribution in [0.2, 0.25) is 0 Å². The van der Waals surface area contributed by atoms with E-state index in [0.29, 0.717) is 19.0 Å². The Bertz CT molecular complexity index is 594. The molecule has 0 bridgehead atoms. The Morgan fingerprint density at radius 2 is 2.04 bits per heavy atom. The van der Waals surface area contributed by atoms with Crippen LogP contribution < -0.4 is 10.6 Å². The molecule has 0 aliphatic heterocycles. The second-order valence-electron chi connectivity index (χ2n) is 7.09. The summed E-state index contributed by atoms with van der Waals surface area (Å²) in [5.74, 6) is 1.13. The number of aryl methyl sites for hydroxylation is 1. The van der Waals surface area contributed by atoms with E-state index in [1.807, 2.05) is 43.7 Å². The Morgan fingerprint density at radius 3 is 2.52 bits per heavy atom. The molecule has 0 spiro atoms. The van der Waals surface area contributed by atoms with Gasteiger partial charge < -0.3 is 15.5 Å². The number of aromatic nitrogens is 2. The molecule has 144 valence electrons. The lowest BCUT2D eigenvalue weighted by molar-refractivity contribution is -0.128. The van der Waals surface area contributed by atoms with Crippen molar-refractivity contribution < 1.29 is 4.79 Å². The van der Waals surface area contributed by atoms with Gasteiger partial charge in [0.1, 0.15) is 0 Å². The summed E-state index contributed by atoms with van der Waals surface area (Å²) in [4.78, 5) is 18.3. The lowest BCUT2D eigenvalue weighted by Crippen LogP contribution is -2.47. The molecular formula is C17H33IN6O. The molecule has 0 aliphatic rings. The fourth-order valence-electron chi connectivity index (χ4n) is 2.60. The first-order valence-electron chi connectivity index (χ1n) is 8.28. The van der Waals surface area contributed by atoms with Crippen molar-refractivity contribution in [1.82, 2.24) is 25.3 Å². The van der Waals surface area contributed by atoms with Gasteiger partial charge in [-0.2, -0.15) is 5.10 Å². The van der Waals surface area contributed by atoms with Gasteiger partial charge in [0.25, 0.3) is 0 Å². The molecule has 0 aromatic carbocycles. The van der Waals surface area contributed by atoms with Crippen LogP contribution in [-0.2, 0) is 18.4 Å². The maximum absolute atomic E-state index is 11.9. The maximum Gasteiger partial charge on any atom is 0.227 e. The first-order chi connectivity index (χ1) is 11.1. The summed E-state index contributed by atoms with van der Waals surface area (Å²) in [5, 5.41) is 10.5. The average Bonchev–Trinajstić information content (AvgIpc) is 2.87. The standard InChI is InChI=1S/C17H32N6O.HI/c1-12(2)14-13(10-23(8)21-14)9-22(7)16(19-6)20-11-17(3,4)15(24)18-5;/h10,12H,9,11H2,1-8H3,(H,18,24)(H,19,20);1H. The quantitative estimate of drug-likeness (QED) is 0.384. The number of nitrogens with one attached hydrogen (secondary N) is 2. The minimum Gasteiger partial charge on any atom is -0.359 e. The molecule has 0 unspecified atom stereocenters. The molecule has 25 heavy (non-hydrogen) atoms. The number of hydrogen-bond donors (Lipinski definition) is 2. The number of carbonyl (C=O) groups excluding carboxylic acids is 1. The third-order valence-electron chi connectivity index (χ3n) is 4.00. The zero-order valence-electron chi connectivity index (χ0n) is 16.7. The highest BCUT2D eigenvalue weighted by molar-refractivity contribution is 14.0. The van der Waals surface area contributed by atoms with E-state index in [2.05, 4.69) is 34.6 Å². The van der Waals surface area contributed by atoms with Crippen molar-refractivity contribution in [3.63, 3.8) is 0 Å². The summed E-state index contributed by atoms with van der Waals surface area (Å²) in [6.45, 7) is 9.32. The van der Waals surface area contributed by atoms with E-state index < -0.39 is 5.41 Å². The number of rotatable bonds is 6. The van der Waals surface area contributed by atoms with Crippen molar-refractivity contribution in [1.29, 1.82) is 0 Å². The van der Waals surface area contributed by atoms with Crippen molar-refractivity contribution in [3.8, 4) is 0 Å². The third kappa shape index (κ3) is 6.48. The molecule has 0 saturated heterocycles. The fraction of sp³-hybridized carbons (Fsp3) is 0.706. The molecule has 1 heterocycles. The predicted molar refractivity (Wildman–Crippen MR) is 113 cm³/mol. The molecule has 0 saturated carbocycles. The smallest absolute Gasteiger partial charge is 0.227 e. The Hall–Kier alpha value is -1.32.